The van der Waals surface area contributed by atoms with E-state index in [0.717, 1.165) is 78.6 Å². The lowest BCUT2D eigenvalue weighted by Crippen LogP contribution is -2.05. The van der Waals surface area contributed by atoms with Crippen LogP contribution in [0.5, 0.6) is 5.75 Å². The van der Waals surface area contributed by atoms with Crippen molar-refractivity contribution in [1.29, 1.82) is 0 Å². The first-order valence-corrected chi connectivity index (χ1v) is 15.7. The Hall–Kier alpha value is -3.57. The Balaban J connectivity index is 1.62. The van der Waals surface area contributed by atoms with E-state index < -0.39 is 10.1 Å². The molecule has 5 rings (SSSR count). The number of fused-ring (bicyclic) bond motifs is 1. The van der Waals surface area contributed by atoms with Gasteiger partial charge in [0.05, 0.1) is 25.8 Å². The number of hydrogen-bond acceptors (Lipinski definition) is 7. The molecule has 0 spiro atoms. The summed E-state index contributed by atoms with van der Waals surface area (Å²) in [5.41, 5.74) is 7.78. The number of methoxy groups -OCH3 is 1. The van der Waals surface area contributed by atoms with Crippen molar-refractivity contribution >= 4 is 32.4 Å². The van der Waals surface area contributed by atoms with Gasteiger partial charge >= 0.3 is 10.1 Å². The van der Waals surface area contributed by atoms with Crippen LogP contribution >= 0.6 is 11.3 Å². The number of rotatable bonds is 10. The van der Waals surface area contributed by atoms with Gasteiger partial charge in [0.15, 0.2) is 4.21 Å². The van der Waals surface area contributed by atoms with E-state index in [9.17, 15) is 13.0 Å². The van der Waals surface area contributed by atoms with Crippen LogP contribution in [0.1, 0.15) is 41.2 Å². The lowest BCUT2D eigenvalue weighted by molar-refractivity contribution is 0.134. The largest absolute Gasteiger partial charge is 0.497 e. The molecule has 0 saturated carbocycles. The smallest absolute Gasteiger partial charge is 0.304 e. The Bertz CT molecular complexity index is 1820. The topological polar surface area (TPSA) is 104 Å². The number of aryl methyl sites for hydroxylation is 3. The van der Waals surface area contributed by atoms with Crippen LogP contribution in [0.2, 0.25) is 0 Å². The molecule has 2 aromatic carbocycles. The van der Waals surface area contributed by atoms with Gasteiger partial charge in [0.2, 0.25) is 0 Å². The van der Waals surface area contributed by atoms with Crippen molar-refractivity contribution < 1.29 is 22.4 Å². The molecule has 1 N–H and O–H groups in total. The monoisotopic (exact) mass is 591 g/mol. The van der Waals surface area contributed by atoms with E-state index in [1.807, 2.05) is 67.9 Å². The quantitative estimate of drug-likeness (QED) is 0.177. The number of benzene rings is 2. The third kappa shape index (κ3) is 5.92. The number of hydrogen-bond donors (Lipinski definition) is 1. The highest BCUT2D eigenvalue weighted by Crippen LogP contribution is 2.38. The second kappa shape index (κ2) is 11.7. The third-order valence-corrected chi connectivity index (χ3v) is 9.42. The fourth-order valence-electron chi connectivity index (χ4n) is 5.08. The predicted molar refractivity (Wildman–Crippen MR) is 162 cm³/mol. The summed E-state index contributed by atoms with van der Waals surface area (Å²) in [6, 6.07) is 17.7. The predicted octanol–water partition coefficient (Wildman–Crippen LogP) is 6.85. The van der Waals surface area contributed by atoms with Crippen LogP contribution in [0.3, 0.4) is 0 Å². The van der Waals surface area contributed by atoms with E-state index in [1.54, 1.807) is 13.2 Å². The molecule has 0 fully saturated rings. The summed E-state index contributed by atoms with van der Waals surface area (Å²) in [6.07, 6.45) is 0.809. The first-order chi connectivity index (χ1) is 19.6. The summed E-state index contributed by atoms with van der Waals surface area (Å²) in [7, 11) is -2.72. The Kier molecular flexibility index (Phi) is 8.28. The van der Waals surface area contributed by atoms with E-state index in [4.69, 9.17) is 19.6 Å². The summed E-state index contributed by atoms with van der Waals surface area (Å²) >= 11 is 1.06. The molecule has 10 heteroatoms. The van der Waals surface area contributed by atoms with Crippen molar-refractivity contribution in [2.24, 2.45) is 0 Å². The van der Waals surface area contributed by atoms with Gasteiger partial charge in [0.1, 0.15) is 11.4 Å². The second-order valence-electron chi connectivity index (χ2n) is 9.84. The summed E-state index contributed by atoms with van der Waals surface area (Å²) in [5, 5.41) is 6.07. The lowest BCUT2D eigenvalue weighted by atomic mass is 9.99. The normalized spacial score (nSPS) is 11.9. The first kappa shape index (κ1) is 28.9. The molecule has 5 aromatic rings. The van der Waals surface area contributed by atoms with E-state index in [0.29, 0.717) is 25.3 Å². The van der Waals surface area contributed by atoms with Crippen molar-refractivity contribution in [1.82, 2.24) is 14.8 Å². The van der Waals surface area contributed by atoms with Crippen LogP contribution in [0.4, 0.5) is 0 Å². The molecule has 8 nitrogen and oxygen atoms in total. The molecular weight excluding hydrogens is 558 g/mol. The maximum absolute atomic E-state index is 12.1. The highest BCUT2D eigenvalue weighted by Gasteiger charge is 2.23. The Morgan fingerprint density at radius 2 is 1.76 bits per heavy atom. The van der Waals surface area contributed by atoms with Gasteiger partial charge in [-0.1, -0.05) is 25.1 Å². The Labute approximate surface area is 244 Å². The molecule has 0 saturated heterocycles. The molecule has 3 heterocycles. The average molecular weight is 592 g/mol. The molecule has 41 heavy (non-hydrogen) atoms. The molecule has 214 valence electrons. The lowest BCUT2D eigenvalue weighted by Gasteiger charge is -2.13. The zero-order valence-electron chi connectivity index (χ0n) is 23.8. The van der Waals surface area contributed by atoms with Crippen molar-refractivity contribution in [3.8, 4) is 28.1 Å². The fraction of sp³-hybridized carbons (Fsp3) is 0.290. The Morgan fingerprint density at radius 3 is 2.41 bits per heavy atom. The minimum absolute atomic E-state index is 0.0576. The molecular formula is C31H33N3O5S2. The van der Waals surface area contributed by atoms with Gasteiger partial charge < -0.3 is 9.47 Å². The van der Waals surface area contributed by atoms with Gasteiger partial charge in [-0.25, -0.2) is 0 Å². The molecule has 0 bridgehead atoms. The van der Waals surface area contributed by atoms with E-state index >= 15 is 0 Å². The number of ether oxygens (including phenoxy) is 2. The number of aromatic nitrogens is 3. The van der Waals surface area contributed by atoms with E-state index in [2.05, 4.69) is 13.0 Å². The van der Waals surface area contributed by atoms with E-state index in [1.165, 1.54) is 0 Å². The molecule has 0 aliphatic rings. The zero-order valence-corrected chi connectivity index (χ0v) is 25.4. The van der Waals surface area contributed by atoms with Crippen molar-refractivity contribution in [2.45, 2.75) is 51.5 Å². The van der Waals surface area contributed by atoms with Crippen LogP contribution in [-0.2, 0) is 34.4 Å². The first-order valence-electron chi connectivity index (χ1n) is 13.4. The maximum atomic E-state index is 12.1. The molecule has 0 atom stereocenters. The number of pyridine rings is 1. The zero-order chi connectivity index (χ0) is 29.3. The van der Waals surface area contributed by atoms with Gasteiger partial charge in [0, 0.05) is 39.4 Å². The van der Waals surface area contributed by atoms with Crippen LogP contribution in [0.25, 0.3) is 33.3 Å². The SMILES string of the molecule is CCOCc1cc(Cn2nc(-c3ccc(OC)cc3)c3c(C)nc(CC)cc32)ccc1-c1cc(C)sc1S(=O)(=O)O. The van der Waals surface area contributed by atoms with Crippen molar-refractivity contribution in [2.75, 3.05) is 13.7 Å². The summed E-state index contributed by atoms with van der Waals surface area (Å²) in [4.78, 5) is 5.62. The molecule has 0 aliphatic carbocycles. The number of nitrogens with zero attached hydrogens (tertiary/aromatic N) is 3. The second-order valence-corrected chi connectivity index (χ2v) is 12.7. The molecule has 0 amide bonds. The van der Waals surface area contributed by atoms with E-state index in [-0.39, 0.29) is 4.21 Å². The van der Waals surface area contributed by atoms with Gasteiger partial charge in [-0.2, -0.15) is 13.5 Å². The van der Waals surface area contributed by atoms with Gasteiger partial charge in [-0.3, -0.25) is 14.2 Å². The molecule has 3 aromatic heterocycles. The molecule has 0 aliphatic heterocycles. The summed E-state index contributed by atoms with van der Waals surface area (Å²) in [6.45, 7) is 9.16. The minimum Gasteiger partial charge on any atom is -0.497 e. The summed E-state index contributed by atoms with van der Waals surface area (Å²) < 4.78 is 47.2. The maximum Gasteiger partial charge on any atom is 0.304 e. The third-order valence-electron chi connectivity index (χ3n) is 7.00. The van der Waals surface area contributed by atoms with Crippen LogP contribution < -0.4 is 4.74 Å². The molecule has 0 unspecified atom stereocenters. The Morgan fingerprint density at radius 1 is 1.00 bits per heavy atom. The highest BCUT2D eigenvalue weighted by atomic mass is 32.3. The molecule has 0 radical (unpaired) electrons. The van der Waals surface area contributed by atoms with Crippen LogP contribution in [-0.4, -0.2) is 41.5 Å². The van der Waals surface area contributed by atoms with Crippen LogP contribution in [0, 0.1) is 13.8 Å². The minimum atomic E-state index is -4.37. The van der Waals surface area contributed by atoms with Gasteiger partial charge in [0.25, 0.3) is 0 Å². The van der Waals surface area contributed by atoms with Crippen molar-refractivity contribution in [3.05, 3.63) is 82.0 Å². The fourth-order valence-corrected chi connectivity index (χ4v) is 7.09. The van der Waals surface area contributed by atoms with Gasteiger partial charge in [-0.15, -0.1) is 11.3 Å². The standard InChI is InChI=1S/C31H33N3O5S2/c1-6-24-16-28-29(20(4)32-24)30(22-9-11-25(38-5)12-10-22)33-34(28)17-21-8-13-26(23(15-21)18-39-7-2)27-14-19(3)40-31(27)41(35,36)37/h8-16H,6-7,17-18H2,1-5H3,(H,35,36,37). The van der Waals surface area contributed by atoms with Gasteiger partial charge in [-0.05, 0) is 80.3 Å². The highest BCUT2D eigenvalue weighted by molar-refractivity contribution is 7.88. The number of thiophene rings is 1. The van der Waals surface area contributed by atoms with Crippen LogP contribution in [0.15, 0.2) is 58.8 Å². The van der Waals surface area contributed by atoms with Crippen molar-refractivity contribution in [3.63, 3.8) is 0 Å². The summed E-state index contributed by atoms with van der Waals surface area (Å²) in [5.74, 6) is 0.778. The average Bonchev–Trinajstić information content (AvgIpc) is 3.53.